The summed E-state index contributed by atoms with van der Waals surface area (Å²) in [6.07, 6.45) is 3.25. The SMILES string of the molecule is Cc1ccc2[nH]ncc2c1-c1nc(-c2ccccc2S(C)=O)nc(C(N)=O)c1N. The number of aryl methyl sites for hydroxylation is 1. The lowest BCUT2D eigenvalue weighted by Gasteiger charge is -2.14. The number of nitrogen functional groups attached to an aromatic ring is 1. The lowest BCUT2D eigenvalue weighted by Crippen LogP contribution is -2.18. The van der Waals surface area contributed by atoms with Gasteiger partial charge in [0.15, 0.2) is 11.5 Å². The van der Waals surface area contributed by atoms with E-state index in [4.69, 9.17) is 11.5 Å². The monoisotopic (exact) mass is 406 g/mol. The van der Waals surface area contributed by atoms with E-state index in [1.165, 1.54) is 0 Å². The van der Waals surface area contributed by atoms with E-state index in [0.717, 1.165) is 22.0 Å². The summed E-state index contributed by atoms with van der Waals surface area (Å²) in [4.78, 5) is 21.6. The lowest BCUT2D eigenvalue weighted by molar-refractivity contribution is 0.0996. The molecule has 0 aliphatic carbocycles. The van der Waals surface area contributed by atoms with Crippen LogP contribution in [0.3, 0.4) is 0 Å². The number of aromatic amines is 1. The maximum Gasteiger partial charge on any atom is 0.269 e. The van der Waals surface area contributed by atoms with Gasteiger partial charge in [0.25, 0.3) is 5.91 Å². The average molecular weight is 406 g/mol. The number of carbonyl (C=O) groups is 1. The summed E-state index contributed by atoms with van der Waals surface area (Å²) in [7, 11) is -1.28. The van der Waals surface area contributed by atoms with Gasteiger partial charge in [0.05, 0.1) is 33.9 Å². The van der Waals surface area contributed by atoms with Gasteiger partial charge in [-0.25, -0.2) is 9.97 Å². The summed E-state index contributed by atoms with van der Waals surface area (Å²) in [6, 6.07) is 10.9. The number of rotatable bonds is 4. The Morgan fingerprint density at radius 1 is 1.14 bits per heavy atom. The number of nitrogens with two attached hydrogens (primary N) is 2. The van der Waals surface area contributed by atoms with Gasteiger partial charge in [-0.15, -0.1) is 0 Å². The Bertz CT molecular complexity index is 1300. The highest BCUT2D eigenvalue weighted by molar-refractivity contribution is 7.84. The molecule has 0 radical (unpaired) electrons. The van der Waals surface area contributed by atoms with Crippen molar-refractivity contribution < 1.29 is 9.00 Å². The molecular weight excluding hydrogens is 388 g/mol. The van der Waals surface area contributed by atoms with Gasteiger partial charge < -0.3 is 11.5 Å². The van der Waals surface area contributed by atoms with Gasteiger partial charge in [-0.05, 0) is 30.7 Å². The molecule has 0 aliphatic heterocycles. The maximum absolute atomic E-state index is 12.2. The normalized spacial score (nSPS) is 12.2. The van der Waals surface area contributed by atoms with Crippen LogP contribution in [0.15, 0.2) is 47.5 Å². The highest BCUT2D eigenvalue weighted by atomic mass is 32.2. The van der Waals surface area contributed by atoms with Gasteiger partial charge in [-0.2, -0.15) is 5.10 Å². The zero-order valence-corrected chi connectivity index (χ0v) is 16.6. The van der Waals surface area contributed by atoms with Crippen molar-refractivity contribution in [3.63, 3.8) is 0 Å². The van der Waals surface area contributed by atoms with Crippen LogP contribution < -0.4 is 11.5 Å². The summed E-state index contributed by atoms with van der Waals surface area (Å²) in [5, 5.41) is 7.82. The zero-order chi connectivity index (χ0) is 20.7. The zero-order valence-electron chi connectivity index (χ0n) is 15.8. The highest BCUT2D eigenvalue weighted by Crippen LogP contribution is 2.36. The molecule has 4 aromatic rings. The third-order valence-electron chi connectivity index (χ3n) is 4.69. The van der Waals surface area contributed by atoms with Gasteiger partial charge >= 0.3 is 0 Å². The number of nitrogens with zero attached hydrogens (tertiary/aromatic N) is 3. The summed E-state index contributed by atoms with van der Waals surface area (Å²) in [5.74, 6) is -0.534. The molecule has 2 aromatic heterocycles. The summed E-state index contributed by atoms with van der Waals surface area (Å²) < 4.78 is 12.2. The quantitative estimate of drug-likeness (QED) is 0.475. The molecular formula is C20H18N6O2S. The second-order valence-corrected chi connectivity index (χ2v) is 7.91. The van der Waals surface area contributed by atoms with Crippen molar-refractivity contribution in [2.75, 3.05) is 12.0 Å². The average Bonchev–Trinajstić information content (AvgIpc) is 3.17. The number of anilines is 1. The summed E-state index contributed by atoms with van der Waals surface area (Å²) in [6.45, 7) is 1.92. The summed E-state index contributed by atoms with van der Waals surface area (Å²) in [5.41, 5.74) is 15.2. The highest BCUT2D eigenvalue weighted by Gasteiger charge is 2.22. The van der Waals surface area contributed by atoms with E-state index in [2.05, 4.69) is 20.2 Å². The van der Waals surface area contributed by atoms with Crippen molar-refractivity contribution in [3.8, 4) is 22.6 Å². The van der Waals surface area contributed by atoms with E-state index in [-0.39, 0.29) is 17.2 Å². The first-order valence-corrected chi connectivity index (χ1v) is 10.3. The number of fused-ring (bicyclic) bond motifs is 1. The van der Waals surface area contributed by atoms with Crippen molar-refractivity contribution in [2.24, 2.45) is 5.73 Å². The fourth-order valence-corrected chi connectivity index (χ4v) is 4.05. The van der Waals surface area contributed by atoms with Crippen molar-refractivity contribution >= 4 is 33.3 Å². The van der Waals surface area contributed by atoms with E-state index >= 15 is 0 Å². The maximum atomic E-state index is 12.2. The topological polar surface area (TPSA) is 141 Å². The molecule has 0 spiro atoms. The largest absolute Gasteiger partial charge is 0.395 e. The van der Waals surface area contributed by atoms with E-state index in [9.17, 15) is 9.00 Å². The minimum atomic E-state index is -1.28. The van der Waals surface area contributed by atoms with Gasteiger partial charge in [0, 0.05) is 27.7 Å². The van der Waals surface area contributed by atoms with Crippen LogP contribution in [0.25, 0.3) is 33.5 Å². The van der Waals surface area contributed by atoms with Crippen LogP contribution in [0.1, 0.15) is 16.1 Å². The number of carbonyl (C=O) groups excluding carboxylic acids is 1. The van der Waals surface area contributed by atoms with Gasteiger partial charge in [-0.1, -0.05) is 18.2 Å². The van der Waals surface area contributed by atoms with Crippen molar-refractivity contribution in [1.29, 1.82) is 0 Å². The number of hydrogen-bond donors (Lipinski definition) is 3. The third-order valence-corrected chi connectivity index (χ3v) is 5.66. The van der Waals surface area contributed by atoms with Crippen LogP contribution in [0.5, 0.6) is 0 Å². The molecule has 1 unspecified atom stereocenters. The van der Waals surface area contributed by atoms with Gasteiger partial charge in [0.2, 0.25) is 0 Å². The molecule has 29 heavy (non-hydrogen) atoms. The van der Waals surface area contributed by atoms with Gasteiger partial charge in [-0.3, -0.25) is 14.1 Å². The third kappa shape index (κ3) is 3.15. The minimum absolute atomic E-state index is 0.0819. The van der Waals surface area contributed by atoms with Crippen molar-refractivity contribution in [1.82, 2.24) is 20.2 Å². The van der Waals surface area contributed by atoms with Crippen molar-refractivity contribution in [3.05, 3.63) is 53.9 Å². The fraction of sp³-hybridized carbons (Fsp3) is 0.100. The van der Waals surface area contributed by atoms with Crippen LogP contribution in [0.4, 0.5) is 5.69 Å². The molecule has 2 heterocycles. The first-order valence-electron chi connectivity index (χ1n) is 8.71. The van der Waals surface area contributed by atoms with Crippen LogP contribution in [0.2, 0.25) is 0 Å². The number of primary amides is 1. The van der Waals surface area contributed by atoms with Crippen LogP contribution in [0, 0.1) is 6.92 Å². The molecule has 9 heteroatoms. The number of nitrogens with one attached hydrogen (secondary N) is 1. The second-order valence-electron chi connectivity index (χ2n) is 6.56. The van der Waals surface area contributed by atoms with Crippen LogP contribution in [-0.2, 0) is 10.8 Å². The fourth-order valence-electron chi connectivity index (χ4n) is 3.31. The van der Waals surface area contributed by atoms with Crippen molar-refractivity contribution in [2.45, 2.75) is 11.8 Å². The molecule has 0 bridgehead atoms. The number of benzene rings is 2. The standard InChI is InChI=1S/C20H18N6O2S/c1-10-7-8-13-12(9-23-26-13)15(10)17-16(21)18(19(22)27)25-20(24-17)11-5-3-4-6-14(11)29(2)28/h3-9H,21H2,1-2H3,(H2,22,27)(H,23,26). The predicted molar refractivity (Wildman–Crippen MR) is 113 cm³/mol. The van der Waals surface area contributed by atoms with Crippen LogP contribution >= 0.6 is 0 Å². The first-order chi connectivity index (χ1) is 13.9. The molecule has 8 nitrogen and oxygen atoms in total. The number of amides is 1. The Morgan fingerprint density at radius 3 is 2.62 bits per heavy atom. The smallest absolute Gasteiger partial charge is 0.269 e. The Morgan fingerprint density at radius 2 is 1.90 bits per heavy atom. The summed E-state index contributed by atoms with van der Waals surface area (Å²) >= 11 is 0. The molecule has 0 aliphatic rings. The van der Waals surface area contributed by atoms with E-state index < -0.39 is 16.7 Å². The molecule has 146 valence electrons. The molecule has 1 atom stereocenters. The molecule has 1 amide bonds. The number of hydrogen-bond acceptors (Lipinski definition) is 6. The molecule has 0 saturated carbocycles. The van der Waals surface area contributed by atoms with E-state index in [0.29, 0.717) is 16.2 Å². The Balaban J connectivity index is 2.09. The minimum Gasteiger partial charge on any atom is -0.395 e. The Labute approximate surface area is 168 Å². The second kappa shape index (κ2) is 7.10. The van der Waals surface area contributed by atoms with E-state index in [1.54, 1.807) is 36.7 Å². The molecule has 0 fully saturated rings. The van der Waals surface area contributed by atoms with Gasteiger partial charge in [0.1, 0.15) is 0 Å². The van der Waals surface area contributed by atoms with Crippen LogP contribution in [-0.4, -0.2) is 36.5 Å². The Hall–Kier alpha value is -3.59. The molecule has 2 aromatic carbocycles. The lowest BCUT2D eigenvalue weighted by atomic mass is 9.99. The molecule has 5 N–H and O–H groups in total. The molecule has 4 rings (SSSR count). The molecule has 0 saturated heterocycles. The predicted octanol–water partition coefficient (Wildman–Crippen LogP) is 2.41. The first kappa shape index (κ1) is 18.8. The number of aromatic nitrogens is 4. The van der Waals surface area contributed by atoms with E-state index in [1.807, 2.05) is 19.1 Å². The Kier molecular flexibility index (Phi) is 4.59. The number of H-pyrrole nitrogens is 1.